The molecular weight excluding hydrogens is 414 g/mol. The molecule has 0 radical (unpaired) electrons. The van der Waals surface area contributed by atoms with Crippen LogP contribution >= 0.6 is 22.9 Å². The SMILES string of the molecule is COc1cn(C(Cc2ccsc2)C(=O)O)c(=O)cc1-c1cc(Cl)ccc1C(C)=O. The van der Waals surface area contributed by atoms with Gasteiger partial charge in [0.2, 0.25) is 0 Å². The first-order valence-electron chi connectivity index (χ1n) is 8.66. The van der Waals surface area contributed by atoms with Gasteiger partial charge in [-0.25, -0.2) is 4.79 Å². The molecule has 150 valence electrons. The van der Waals surface area contributed by atoms with Gasteiger partial charge in [-0.15, -0.1) is 0 Å². The van der Waals surface area contributed by atoms with Crippen LogP contribution in [0, 0.1) is 0 Å². The van der Waals surface area contributed by atoms with Crippen LogP contribution in [0.5, 0.6) is 5.75 Å². The summed E-state index contributed by atoms with van der Waals surface area (Å²) in [5.41, 5.74) is 1.53. The summed E-state index contributed by atoms with van der Waals surface area (Å²) in [5.74, 6) is -1.05. The minimum atomic E-state index is -1.12. The summed E-state index contributed by atoms with van der Waals surface area (Å²) in [6, 6.07) is 6.77. The molecule has 1 N–H and O–H groups in total. The number of carbonyl (C=O) groups is 2. The Morgan fingerprint density at radius 1 is 1.24 bits per heavy atom. The summed E-state index contributed by atoms with van der Waals surface area (Å²) in [4.78, 5) is 36.7. The molecule has 0 saturated heterocycles. The predicted molar refractivity (Wildman–Crippen MR) is 112 cm³/mol. The summed E-state index contributed by atoms with van der Waals surface area (Å²) >= 11 is 7.55. The van der Waals surface area contributed by atoms with E-state index in [-0.39, 0.29) is 18.0 Å². The van der Waals surface area contributed by atoms with E-state index in [0.29, 0.717) is 21.7 Å². The van der Waals surface area contributed by atoms with Gasteiger partial charge in [-0.2, -0.15) is 11.3 Å². The molecule has 8 heteroatoms. The van der Waals surface area contributed by atoms with Crippen molar-refractivity contribution in [3.05, 3.63) is 73.8 Å². The van der Waals surface area contributed by atoms with Gasteiger partial charge in [0.05, 0.1) is 13.3 Å². The lowest BCUT2D eigenvalue weighted by atomic mass is 9.97. The lowest BCUT2D eigenvalue weighted by Crippen LogP contribution is -2.31. The van der Waals surface area contributed by atoms with Crippen LogP contribution in [0.25, 0.3) is 11.1 Å². The van der Waals surface area contributed by atoms with E-state index < -0.39 is 17.6 Å². The third-order valence-electron chi connectivity index (χ3n) is 4.55. The number of nitrogens with zero attached hydrogens (tertiary/aromatic N) is 1. The maximum absolute atomic E-state index is 12.9. The molecule has 0 fully saturated rings. The number of carboxylic acids is 1. The van der Waals surface area contributed by atoms with Crippen molar-refractivity contribution >= 4 is 34.7 Å². The molecule has 1 atom stereocenters. The number of hydrogen-bond donors (Lipinski definition) is 1. The summed E-state index contributed by atoms with van der Waals surface area (Å²) in [7, 11) is 1.42. The monoisotopic (exact) mass is 431 g/mol. The van der Waals surface area contributed by atoms with Crippen molar-refractivity contribution < 1.29 is 19.4 Å². The van der Waals surface area contributed by atoms with E-state index in [1.807, 2.05) is 16.8 Å². The standard InChI is InChI=1S/C21H18ClNO5S/c1-12(24)15-4-3-14(22)8-16(15)17-9-20(25)23(10-19(17)28-2)18(21(26)27)7-13-5-6-29-11-13/h3-6,8-11,18H,7H2,1-2H3,(H,26,27). The highest BCUT2D eigenvalue weighted by Crippen LogP contribution is 2.34. The van der Waals surface area contributed by atoms with Gasteiger partial charge in [0.15, 0.2) is 5.78 Å². The molecule has 0 spiro atoms. The third kappa shape index (κ3) is 4.41. The number of benzene rings is 1. The van der Waals surface area contributed by atoms with E-state index in [4.69, 9.17) is 16.3 Å². The van der Waals surface area contributed by atoms with E-state index >= 15 is 0 Å². The largest absolute Gasteiger partial charge is 0.495 e. The van der Waals surface area contributed by atoms with Crippen LogP contribution in [0.4, 0.5) is 0 Å². The van der Waals surface area contributed by atoms with Crippen molar-refractivity contribution in [3.63, 3.8) is 0 Å². The maximum atomic E-state index is 12.9. The summed E-state index contributed by atoms with van der Waals surface area (Å²) in [5, 5.41) is 13.8. The number of ketones is 1. The highest BCUT2D eigenvalue weighted by atomic mass is 35.5. The van der Waals surface area contributed by atoms with Gasteiger partial charge in [0, 0.05) is 28.6 Å². The molecule has 6 nitrogen and oxygen atoms in total. The van der Waals surface area contributed by atoms with Crippen molar-refractivity contribution in [2.24, 2.45) is 0 Å². The molecule has 0 amide bonds. The van der Waals surface area contributed by atoms with Gasteiger partial charge in [-0.1, -0.05) is 11.6 Å². The molecule has 3 rings (SSSR count). The fourth-order valence-corrected chi connectivity index (χ4v) is 3.98. The predicted octanol–water partition coefficient (Wildman–Crippen LogP) is 4.31. The fourth-order valence-electron chi connectivity index (χ4n) is 3.13. The van der Waals surface area contributed by atoms with Crippen molar-refractivity contribution in [2.45, 2.75) is 19.4 Å². The molecule has 3 aromatic rings. The van der Waals surface area contributed by atoms with E-state index in [1.165, 1.54) is 37.6 Å². The minimum Gasteiger partial charge on any atom is -0.495 e. The second-order valence-corrected chi connectivity index (χ2v) is 7.65. The number of carbonyl (C=O) groups excluding carboxylic acids is 1. The van der Waals surface area contributed by atoms with Crippen molar-refractivity contribution in [1.29, 1.82) is 0 Å². The van der Waals surface area contributed by atoms with E-state index in [2.05, 4.69) is 0 Å². The molecule has 2 aromatic heterocycles. The third-order valence-corrected chi connectivity index (χ3v) is 5.51. The maximum Gasteiger partial charge on any atom is 0.327 e. The molecular formula is C21H18ClNO5S. The highest BCUT2D eigenvalue weighted by Gasteiger charge is 2.24. The Balaban J connectivity index is 2.16. The molecule has 0 aliphatic rings. The molecule has 0 saturated carbocycles. The summed E-state index contributed by atoms with van der Waals surface area (Å²) in [6.45, 7) is 1.42. The number of carboxylic acid groups (broad SMARTS) is 1. The zero-order chi connectivity index (χ0) is 21.1. The van der Waals surface area contributed by atoms with Gasteiger partial charge in [0.25, 0.3) is 5.56 Å². The van der Waals surface area contributed by atoms with Gasteiger partial charge in [-0.3, -0.25) is 14.2 Å². The Morgan fingerprint density at radius 2 is 2.00 bits per heavy atom. The number of pyridine rings is 1. The van der Waals surface area contributed by atoms with Crippen LogP contribution in [0.2, 0.25) is 5.02 Å². The van der Waals surface area contributed by atoms with Crippen LogP contribution in [0.15, 0.2) is 52.1 Å². The summed E-state index contributed by atoms with van der Waals surface area (Å²) in [6.07, 6.45) is 1.53. The Labute approximate surface area is 176 Å². The van der Waals surface area contributed by atoms with Crippen molar-refractivity contribution in [3.8, 4) is 16.9 Å². The van der Waals surface area contributed by atoms with E-state index in [9.17, 15) is 19.5 Å². The Hall–Kier alpha value is -2.90. The number of thiophene rings is 1. The average molecular weight is 432 g/mol. The van der Waals surface area contributed by atoms with Crippen LogP contribution in [-0.2, 0) is 11.2 Å². The molecule has 1 unspecified atom stereocenters. The van der Waals surface area contributed by atoms with E-state index in [0.717, 1.165) is 10.1 Å². The molecule has 0 bridgehead atoms. The van der Waals surface area contributed by atoms with Gasteiger partial charge in [-0.05, 0) is 53.1 Å². The number of rotatable bonds is 7. The van der Waals surface area contributed by atoms with Crippen LogP contribution in [0.1, 0.15) is 28.9 Å². The Morgan fingerprint density at radius 3 is 2.59 bits per heavy atom. The van der Waals surface area contributed by atoms with Crippen molar-refractivity contribution in [1.82, 2.24) is 4.57 Å². The quantitative estimate of drug-likeness (QED) is 0.563. The van der Waals surface area contributed by atoms with Crippen LogP contribution in [-0.4, -0.2) is 28.5 Å². The first-order valence-corrected chi connectivity index (χ1v) is 9.98. The fraction of sp³-hybridized carbons (Fsp3) is 0.190. The van der Waals surface area contributed by atoms with Gasteiger partial charge >= 0.3 is 5.97 Å². The Bertz CT molecular complexity index is 1120. The van der Waals surface area contributed by atoms with Crippen LogP contribution in [0.3, 0.4) is 0 Å². The number of halogens is 1. The first-order chi connectivity index (χ1) is 13.8. The second kappa shape index (κ2) is 8.63. The van der Waals surface area contributed by atoms with Crippen LogP contribution < -0.4 is 10.3 Å². The van der Waals surface area contributed by atoms with Gasteiger partial charge < -0.3 is 9.84 Å². The summed E-state index contributed by atoms with van der Waals surface area (Å²) < 4.78 is 6.57. The molecule has 2 heterocycles. The Kier molecular flexibility index (Phi) is 6.20. The van der Waals surface area contributed by atoms with Gasteiger partial charge in [0.1, 0.15) is 11.8 Å². The topological polar surface area (TPSA) is 85.6 Å². The number of aliphatic carboxylic acids is 1. The smallest absolute Gasteiger partial charge is 0.327 e. The first kappa shape index (κ1) is 20.8. The number of hydrogen-bond acceptors (Lipinski definition) is 5. The zero-order valence-corrected chi connectivity index (χ0v) is 17.3. The lowest BCUT2D eigenvalue weighted by molar-refractivity contribution is -0.141. The average Bonchev–Trinajstić information content (AvgIpc) is 3.19. The number of ether oxygens (including phenoxy) is 1. The molecule has 29 heavy (non-hydrogen) atoms. The molecule has 0 aliphatic heterocycles. The number of Topliss-reactive ketones (excluding diaryl/α,β-unsaturated/α-hetero) is 1. The molecule has 1 aromatic carbocycles. The molecule has 0 aliphatic carbocycles. The number of methoxy groups -OCH3 is 1. The lowest BCUT2D eigenvalue weighted by Gasteiger charge is -2.19. The number of aromatic nitrogens is 1. The minimum absolute atomic E-state index is 0.164. The van der Waals surface area contributed by atoms with Crippen molar-refractivity contribution in [2.75, 3.05) is 7.11 Å². The highest BCUT2D eigenvalue weighted by molar-refractivity contribution is 7.07. The van der Waals surface area contributed by atoms with E-state index in [1.54, 1.807) is 18.2 Å². The zero-order valence-electron chi connectivity index (χ0n) is 15.7. The normalized spacial score (nSPS) is 11.8. The second-order valence-electron chi connectivity index (χ2n) is 6.44.